The topological polar surface area (TPSA) is 15.3 Å². The fraction of sp³-hybridized carbons (Fsp3) is 0.733. The smallest absolute Gasteiger partial charge is 0.0244 e. The first-order valence-electron chi connectivity index (χ1n) is 7.20. The van der Waals surface area contributed by atoms with Crippen LogP contribution in [0.1, 0.15) is 32.1 Å². The summed E-state index contributed by atoms with van der Waals surface area (Å²) < 4.78 is 0. The first kappa shape index (κ1) is 14.0. The minimum atomic E-state index is 0.684. The molecule has 2 unspecified atom stereocenters. The number of nitrogens with zero attached hydrogens (tertiary/aromatic N) is 1. The van der Waals surface area contributed by atoms with Crippen molar-refractivity contribution in [2.45, 2.75) is 45.7 Å². The first-order valence-corrected chi connectivity index (χ1v) is 8.08. The van der Waals surface area contributed by atoms with E-state index in [0.717, 1.165) is 12.5 Å². The highest BCUT2D eigenvalue weighted by molar-refractivity contribution is 7.09. The average Bonchev–Trinajstić information content (AvgIpc) is 2.88. The summed E-state index contributed by atoms with van der Waals surface area (Å²) in [5.74, 6) is 0.735. The summed E-state index contributed by atoms with van der Waals surface area (Å²) in [7, 11) is 0. The predicted octanol–water partition coefficient (Wildman–Crippen LogP) is 3.00. The summed E-state index contributed by atoms with van der Waals surface area (Å²) >= 11 is 1.89. The Kier molecular flexibility index (Phi) is 5.22. The Bertz CT molecular complexity index is 334. The Hall–Kier alpha value is -0.380. The zero-order chi connectivity index (χ0) is 13.0. The molecule has 0 bridgehead atoms. The van der Waals surface area contributed by atoms with Crippen LogP contribution in [0, 0.1) is 5.92 Å². The van der Waals surface area contributed by atoms with E-state index in [4.69, 9.17) is 0 Å². The molecule has 2 heterocycles. The second-order valence-electron chi connectivity index (χ2n) is 5.65. The van der Waals surface area contributed by atoms with Gasteiger partial charge in [0.1, 0.15) is 0 Å². The Balaban J connectivity index is 1.92. The SMILES string of the molecule is CCC1CN(CCc2cccs2)C(C(C)C)CN1. The summed E-state index contributed by atoms with van der Waals surface area (Å²) in [6, 6.07) is 5.80. The van der Waals surface area contributed by atoms with Crippen LogP contribution in [0.25, 0.3) is 0 Å². The highest BCUT2D eigenvalue weighted by Gasteiger charge is 2.28. The molecule has 2 nitrogen and oxygen atoms in total. The van der Waals surface area contributed by atoms with Crippen molar-refractivity contribution in [1.29, 1.82) is 0 Å². The van der Waals surface area contributed by atoms with Crippen LogP contribution in [0.4, 0.5) is 0 Å². The summed E-state index contributed by atoms with van der Waals surface area (Å²) in [5, 5.41) is 5.87. The minimum Gasteiger partial charge on any atom is -0.311 e. The quantitative estimate of drug-likeness (QED) is 0.881. The predicted molar refractivity (Wildman–Crippen MR) is 80.3 cm³/mol. The molecule has 0 aromatic carbocycles. The minimum absolute atomic E-state index is 0.684. The van der Waals surface area contributed by atoms with E-state index in [1.54, 1.807) is 0 Å². The van der Waals surface area contributed by atoms with Gasteiger partial charge in [-0.3, -0.25) is 4.90 Å². The zero-order valence-corrected chi connectivity index (χ0v) is 12.7. The van der Waals surface area contributed by atoms with E-state index < -0.39 is 0 Å². The van der Waals surface area contributed by atoms with Gasteiger partial charge >= 0.3 is 0 Å². The van der Waals surface area contributed by atoms with Crippen LogP contribution in [0.2, 0.25) is 0 Å². The fourth-order valence-corrected chi connectivity index (χ4v) is 3.49. The molecule has 1 fully saturated rings. The van der Waals surface area contributed by atoms with Crippen molar-refractivity contribution in [2.75, 3.05) is 19.6 Å². The highest BCUT2D eigenvalue weighted by Crippen LogP contribution is 2.18. The molecular weight excluding hydrogens is 240 g/mol. The number of rotatable bonds is 5. The standard InChI is InChI=1S/C15H26N2S/c1-4-13-11-17(15(10-16-13)12(2)3)8-7-14-6-5-9-18-14/h5-6,9,12-13,15-16H,4,7-8,10-11H2,1-3H3. The number of piperazine rings is 1. The monoisotopic (exact) mass is 266 g/mol. The Morgan fingerprint density at radius 3 is 2.94 bits per heavy atom. The summed E-state index contributed by atoms with van der Waals surface area (Å²) in [6.45, 7) is 10.5. The van der Waals surface area contributed by atoms with Crippen LogP contribution in [-0.4, -0.2) is 36.6 Å². The highest BCUT2D eigenvalue weighted by atomic mass is 32.1. The van der Waals surface area contributed by atoms with Gasteiger partial charge in [-0.1, -0.05) is 26.8 Å². The van der Waals surface area contributed by atoms with Gasteiger partial charge in [0.2, 0.25) is 0 Å². The van der Waals surface area contributed by atoms with Crippen LogP contribution in [0.15, 0.2) is 17.5 Å². The van der Waals surface area contributed by atoms with Crippen molar-refractivity contribution < 1.29 is 0 Å². The molecular formula is C15H26N2S. The van der Waals surface area contributed by atoms with Crippen molar-refractivity contribution in [3.05, 3.63) is 22.4 Å². The molecule has 1 aliphatic heterocycles. The Morgan fingerprint density at radius 2 is 2.33 bits per heavy atom. The van der Waals surface area contributed by atoms with Gasteiger partial charge in [-0.2, -0.15) is 0 Å². The van der Waals surface area contributed by atoms with Gasteiger partial charge < -0.3 is 5.32 Å². The second kappa shape index (κ2) is 6.69. The molecule has 1 aromatic heterocycles. The lowest BCUT2D eigenvalue weighted by molar-refractivity contribution is 0.0987. The van der Waals surface area contributed by atoms with Gasteiger partial charge in [0.05, 0.1) is 0 Å². The molecule has 1 saturated heterocycles. The van der Waals surface area contributed by atoms with Gasteiger partial charge in [0, 0.05) is 36.6 Å². The molecule has 1 aliphatic rings. The molecule has 0 saturated carbocycles. The largest absolute Gasteiger partial charge is 0.311 e. The molecule has 0 aliphatic carbocycles. The Morgan fingerprint density at radius 1 is 1.50 bits per heavy atom. The van der Waals surface area contributed by atoms with Crippen molar-refractivity contribution in [3.8, 4) is 0 Å². The van der Waals surface area contributed by atoms with Gasteiger partial charge in [0.15, 0.2) is 0 Å². The summed E-state index contributed by atoms with van der Waals surface area (Å²) in [4.78, 5) is 4.22. The molecule has 3 heteroatoms. The molecule has 18 heavy (non-hydrogen) atoms. The molecule has 0 spiro atoms. The zero-order valence-electron chi connectivity index (χ0n) is 11.9. The molecule has 102 valence electrons. The Labute approximate surface area is 115 Å². The van der Waals surface area contributed by atoms with Crippen LogP contribution >= 0.6 is 11.3 Å². The van der Waals surface area contributed by atoms with Gasteiger partial charge in [0.25, 0.3) is 0 Å². The molecule has 2 rings (SSSR count). The summed E-state index contributed by atoms with van der Waals surface area (Å²) in [5.41, 5.74) is 0. The molecule has 0 amide bonds. The van der Waals surface area contributed by atoms with E-state index in [-0.39, 0.29) is 0 Å². The van der Waals surface area contributed by atoms with E-state index >= 15 is 0 Å². The molecule has 1 N–H and O–H groups in total. The van der Waals surface area contributed by atoms with Gasteiger partial charge in [-0.25, -0.2) is 0 Å². The van der Waals surface area contributed by atoms with E-state index in [2.05, 4.69) is 48.5 Å². The van der Waals surface area contributed by atoms with E-state index in [1.807, 2.05) is 11.3 Å². The van der Waals surface area contributed by atoms with E-state index in [1.165, 1.54) is 30.8 Å². The lowest BCUT2D eigenvalue weighted by atomic mass is 9.97. The number of nitrogens with one attached hydrogen (secondary N) is 1. The third kappa shape index (κ3) is 3.56. The van der Waals surface area contributed by atoms with Crippen molar-refractivity contribution in [2.24, 2.45) is 5.92 Å². The van der Waals surface area contributed by atoms with E-state index in [9.17, 15) is 0 Å². The van der Waals surface area contributed by atoms with Crippen molar-refractivity contribution in [3.63, 3.8) is 0 Å². The fourth-order valence-electron chi connectivity index (χ4n) is 2.80. The summed E-state index contributed by atoms with van der Waals surface area (Å²) in [6.07, 6.45) is 2.44. The van der Waals surface area contributed by atoms with Crippen molar-refractivity contribution >= 4 is 11.3 Å². The number of hydrogen-bond donors (Lipinski definition) is 1. The lowest BCUT2D eigenvalue weighted by Gasteiger charge is -2.42. The lowest BCUT2D eigenvalue weighted by Crippen LogP contribution is -2.58. The first-order chi connectivity index (χ1) is 8.70. The maximum atomic E-state index is 3.68. The van der Waals surface area contributed by atoms with Gasteiger partial charge in [-0.15, -0.1) is 11.3 Å². The molecule has 0 radical (unpaired) electrons. The van der Waals surface area contributed by atoms with Crippen LogP contribution < -0.4 is 5.32 Å². The molecule has 1 aromatic rings. The second-order valence-corrected chi connectivity index (χ2v) is 6.68. The number of thiophene rings is 1. The third-order valence-corrected chi connectivity index (χ3v) is 4.96. The van der Waals surface area contributed by atoms with Crippen LogP contribution in [0.5, 0.6) is 0 Å². The van der Waals surface area contributed by atoms with Crippen molar-refractivity contribution in [1.82, 2.24) is 10.2 Å². The third-order valence-electron chi connectivity index (χ3n) is 4.03. The van der Waals surface area contributed by atoms with E-state index in [0.29, 0.717) is 12.1 Å². The van der Waals surface area contributed by atoms with Gasteiger partial charge in [-0.05, 0) is 30.2 Å². The maximum absolute atomic E-state index is 3.68. The maximum Gasteiger partial charge on any atom is 0.0244 e. The average molecular weight is 266 g/mol. The molecule has 2 atom stereocenters. The number of hydrogen-bond acceptors (Lipinski definition) is 3. The normalized spacial score (nSPS) is 25.8. The van der Waals surface area contributed by atoms with Crippen LogP contribution in [0.3, 0.4) is 0 Å². The van der Waals surface area contributed by atoms with Crippen LogP contribution in [-0.2, 0) is 6.42 Å².